The molecule has 178 valence electrons. The number of benzene rings is 2. The zero-order valence-electron chi connectivity index (χ0n) is 18.6. The number of aryl methyl sites for hydroxylation is 1. The van der Waals surface area contributed by atoms with Gasteiger partial charge < -0.3 is 4.90 Å². The van der Waals surface area contributed by atoms with Gasteiger partial charge in [-0.3, -0.25) is 14.5 Å². The molecule has 0 bridgehead atoms. The molecule has 2 aromatic heterocycles. The van der Waals surface area contributed by atoms with E-state index in [1.165, 1.54) is 17.5 Å². The Kier molecular flexibility index (Phi) is 5.65. The number of nitrogens with one attached hydrogen (secondary N) is 1. The molecule has 1 atom stereocenters. The van der Waals surface area contributed by atoms with Crippen molar-refractivity contribution in [2.24, 2.45) is 0 Å². The van der Waals surface area contributed by atoms with Crippen molar-refractivity contribution in [3.63, 3.8) is 0 Å². The molecule has 0 fully saturated rings. The maximum atomic E-state index is 14.0. The lowest BCUT2D eigenvalue weighted by Crippen LogP contribution is -2.23. The average molecular weight is 512 g/mol. The molecular weight excluding hydrogens is 492 g/mol. The van der Waals surface area contributed by atoms with Crippen LogP contribution in [0.4, 0.5) is 14.5 Å². The Bertz CT molecular complexity index is 1580. The molecule has 0 spiro atoms. The fourth-order valence-electron chi connectivity index (χ4n) is 4.15. The zero-order valence-corrected chi connectivity index (χ0v) is 20.3. The molecule has 0 saturated heterocycles. The van der Waals surface area contributed by atoms with Gasteiger partial charge in [-0.1, -0.05) is 17.7 Å². The van der Waals surface area contributed by atoms with Crippen LogP contribution in [-0.4, -0.2) is 31.3 Å². The lowest BCUT2D eigenvalue weighted by Gasteiger charge is -2.19. The fourth-order valence-corrected chi connectivity index (χ4v) is 6.40. The van der Waals surface area contributed by atoms with E-state index in [1.54, 1.807) is 24.2 Å². The number of halogens is 2. The van der Waals surface area contributed by atoms with E-state index in [0.717, 1.165) is 33.0 Å². The minimum Gasteiger partial charge on any atom is -0.330 e. The maximum Gasteiger partial charge on any atom is 0.264 e. The Morgan fingerprint density at radius 3 is 2.60 bits per heavy atom. The van der Waals surface area contributed by atoms with Crippen molar-refractivity contribution in [3.8, 4) is 10.4 Å². The summed E-state index contributed by atoms with van der Waals surface area (Å²) in [5.74, 6) is -2.09. The highest BCUT2D eigenvalue weighted by Gasteiger charge is 2.36. The molecule has 1 N–H and O–H groups in total. The quantitative estimate of drug-likeness (QED) is 0.391. The van der Waals surface area contributed by atoms with E-state index in [-0.39, 0.29) is 17.6 Å². The van der Waals surface area contributed by atoms with Crippen LogP contribution < -0.4 is 4.72 Å². The third kappa shape index (κ3) is 4.19. The first-order chi connectivity index (χ1) is 16.6. The molecule has 4 aromatic rings. The highest BCUT2D eigenvalue weighted by Crippen LogP contribution is 2.42. The number of carbonyl (C=O) groups is 1. The molecule has 2 aromatic carbocycles. The van der Waals surface area contributed by atoms with Gasteiger partial charge in [0.15, 0.2) is 0 Å². The number of sulfonamides is 1. The van der Waals surface area contributed by atoms with E-state index in [0.29, 0.717) is 17.2 Å². The standard InChI is InChI=1S/C25H19F2N3O3S2/c1-14-3-5-18-19(9-14)24(30(2)25(18)31)22-7-6-21(34-22)15-10-17(13-28-12-15)29-35(32,33)23-8-4-16(26)11-20(23)27/h3-13,24,29H,1-2H3. The van der Waals surface area contributed by atoms with E-state index in [9.17, 15) is 22.0 Å². The Labute approximate surface area is 204 Å². The Balaban J connectivity index is 1.44. The van der Waals surface area contributed by atoms with E-state index in [4.69, 9.17) is 0 Å². The van der Waals surface area contributed by atoms with E-state index < -0.39 is 26.6 Å². The molecule has 10 heteroatoms. The van der Waals surface area contributed by atoms with Crippen LogP contribution in [0, 0.1) is 18.6 Å². The topological polar surface area (TPSA) is 79.4 Å². The van der Waals surface area contributed by atoms with Crippen molar-refractivity contribution >= 4 is 33.0 Å². The molecule has 0 aliphatic carbocycles. The van der Waals surface area contributed by atoms with Crippen LogP contribution in [0.25, 0.3) is 10.4 Å². The van der Waals surface area contributed by atoms with E-state index >= 15 is 0 Å². The molecule has 1 unspecified atom stereocenters. The van der Waals surface area contributed by atoms with Gasteiger partial charge in [0, 0.05) is 40.2 Å². The van der Waals surface area contributed by atoms with Gasteiger partial charge in [-0.2, -0.15) is 0 Å². The molecule has 1 amide bonds. The smallest absolute Gasteiger partial charge is 0.264 e. The number of pyridine rings is 1. The minimum atomic E-state index is -4.29. The first-order valence-corrected chi connectivity index (χ1v) is 12.8. The van der Waals surface area contributed by atoms with Crippen LogP contribution >= 0.6 is 11.3 Å². The van der Waals surface area contributed by atoms with Crippen molar-refractivity contribution in [1.82, 2.24) is 9.88 Å². The summed E-state index contributed by atoms with van der Waals surface area (Å²) in [6.07, 6.45) is 2.90. The van der Waals surface area contributed by atoms with Crippen molar-refractivity contribution in [2.75, 3.05) is 11.8 Å². The highest BCUT2D eigenvalue weighted by atomic mass is 32.2. The predicted octanol–water partition coefficient (Wildman–Crippen LogP) is 5.37. The first kappa shape index (κ1) is 23.1. The normalized spacial score (nSPS) is 15.4. The zero-order chi connectivity index (χ0) is 24.9. The monoisotopic (exact) mass is 511 g/mol. The van der Waals surface area contributed by atoms with Crippen molar-refractivity contribution < 1.29 is 22.0 Å². The number of hydrogen-bond acceptors (Lipinski definition) is 5. The molecule has 3 heterocycles. The summed E-state index contributed by atoms with van der Waals surface area (Å²) in [5.41, 5.74) is 3.49. The lowest BCUT2D eigenvalue weighted by molar-refractivity contribution is 0.0795. The molecular formula is C25H19F2N3O3S2. The molecule has 0 saturated carbocycles. The third-order valence-corrected chi connectivity index (χ3v) is 8.40. The van der Waals surface area contributed by atoms with Crippen molar-refractivity contribution in [2.45, 2.75) is 17.9 Å². The summed E-state index contributed by atoms with van der Waals surface area (Å²) in [6.45, 7) is 1.98. The summed E-state index contributed by atoms with van der Waals surface area (Å²) >= 11 is 1.47. The summed E-state index contributed by atoms with van der Waals surface area (Å²) in [5, 5.41) is 0. The second-order valence-corrected chi connectivity index (χ2v) is 11.0. The van der Waals surface area contributed by atoms with Gasteiger partial charge >= 0.3 is 0 Å². The van der Waals surface area contributed by atoms with Crippen molar-refractivity contribution in [3.05, 3.63) is 100 Å². The van der Waals surface area contributed by atoms with Crippen LogP contribution in [0.1, 0.15) is 32.4 Å². The third-order valence-electron chi connectivity index (χ3n) is 5.79. The number of thiophene rings is 1. The minimum absolute atomic E-state index is 0.0361. The van der Waals surface area contributed by atoms with Crippen LogP contribution in [-0.2, 0) is 10.0 Å². The summed E-state index contributed by atoms with van der Waals surface area (Å²) in [6, 6.07) is 13.3. The van der Waals surface area contributed by atoms with Gasteiger partial charge in [0.2, 0.25) is 0 Å². The van der Waals surface area contributed by atoms with Crippen LogP contribution in [0.2, 0.25) is 0 Å². The first-order valence-electron chi connectivity index (χ1n) is 10.5. The van der Waals surface area contributed by atoms with Crippen LogP contribution in [0.3, 0.4) is 0 Å². The van der Waals surface area contributed by atoms with E-state index in [1.807, 2.05) is 37.3 Å². The van der Waals surface area contributed by atoms with Gasteiger partial charge in [-0.15, -0.1) is 11.3 Å². The number of rotatable bonds is 5. The molecule has 1 aliphatic rings. The number of nitrogens with zero attached hydrogens (tertiary/aromatic N) is 2. The van der Waals surface area contributed by atoms with Gasteiger partial charge in [0.25, 0.3) is 15.9 Å². The number of fused-ring (bicyclic) bond motifs is 1. The second kappa shape index (κ2) is 8.54. The Hall–Kier alpha value is -3.63. The van der Waals surface area contributed by atoms with Gasteiger partial charge in [0.1, 0.15) is 16.5 Å². The van der Waals surface area contributed by atoms with Gasteiger partial charge in [0.05, 0.1) is 17.9 Å². The number of carbonyl (C=O) groups excluding carboxylic acids is 1. The highest BCUT2D eigenvalue weighted by molar-refractivity contribution is 7.92. The Morgan fingerprint density at radius 1 is 1.03 bits per heavy atom. The predicted molar refractivity (Wildman–Crippen MR) is 130 cm³/mol. The summed E-state index contributed by atoms with van der Waals surface area (Å²) in [4.78, 5) is 19.7. The Morgan fingerprint density at radius 2 is 1.83 bits per heavy atom. The lowest BCUT2D eigenvalue weighted by atomic mass is 10.0. The largest absolute Gasteiger partial charge is 0.330 e. The molecule has 0 radical (unpaired) electrons. The number of anilines is 1. The summed E-state index contributed by atoms with van der Waals surface area (Å²) < 4.78 is 54.8. The van der Waals surface area contributed by atoms with Gasteiger partial charge in [-0.05, 0) is 48.9 Å². The number of hydrogen-bond donors (Lipinski definition) is 1. The number of aromatic nitrogens is 1. The summed E-state index contributed by atoms with van der Waals surface area (Å²) in [7, 11) is -2.52. The van der Waals surface area contributed by atoms with Crippen molar-refractivity contribution in [1.29, 1.82) is 0 Å². The number of amides is 1. The SMILES string of the molecule is Cc1ccc2c(c1)C(c1ccc(-c3cncc(NS(=O)(=O)c4ccc(F)cc4F)c3)s1)N(C)C2=O. The van der Waals surface area contributed by atoms with Crippen LogP contribution in [0.5, 0.6) is 0 Å². The molecule has 1 aliphatic heterocycles. The molecule has 6 nitrogen and oxygen atoms in total. The van der Waals surface area contributed by atoms with Crippen LogP contribution in [0.15, 0.2) is 71.9 Å². The second-order valence-electron chi connectivity index (χ2n) is 8.25. The molecule has 5 rings (SSSR count). The fraction of sp³-hybridized carbons (Fsp3) is 0.120. The average Bonchev–Trinajstić information content (AvgIpc) is 3.36. The molecule has 35 heavy (non-hydrogen) atoms. The van der Waals surface area contributed by atoms with Gasteiger partial charge in [-0.25, -0.2) is 17.2 Å². The van der Waals surface area contributed by atoms with E-state index in [2.05, 4.69) is 9.71 Å². The maximum absolute atomic E-state index is 14.0.